The Kier molecular flexibility index (Phi) is 7.81. The van der Waals surface area contributed by atoms with Gasteiger partial charge in [-0.3, -0.25) is 9.59 Å². The van der Waals surface area contributed by atoms with Crippen molar-refractivity contribution in [2.45, 2.75) is 42.4 Å². The minimum atomic E-state index is -3.54. The Balaban J connectivity index is 1.52. The minimum absolute atomic E-state index is 0.0821. The Morgan fingerprint density at radius 1 is 1.00 bits per heavy atom. The van der Waals surface area contributed by atoms with Gasteiger partial charge in [0.1, 0.15) is 0 Å². The highest BCUT2D eigenvalue weighted by molar-refractivity contribution is 7.98. The summed E-state index contributed by atoms with van der Waals surface area (Å²) in [4.78, 5) is 27.9. The van der Waals surface area contributed by atoms with Crippen molar-refractivity contribution in [3.05, 3.63) is 24.3 Å². The van der Waals surface area contributed by atoms with Crippen LogP contribution in [0.3, 0.4) is 0 Å². The molecule has 0 saturated carbocycles. The molecule has 0 bridgehead atoms. The lowest BCUT2D eigenvalue weighted by Gasteiger charge is -2.36. The van der Waals surface area contributed by atoms with E-state index < -0.39 is 10.0 Å². The summed E-state index contributed by atoms with van der Waals surface area (Å²) >= 11 is 1.57. The maximum atomic E-state index is 12.9. The van der Waals surface area contributed by atoms with E-state index in [1.165, 1.54) is 4.31 Å². The van der Waals surface area contributed by atoms with Crippen LogP contribution in [0.25, 0.3) is 0 Å². The number of carbonyl (C=O) groups is 2. The Morgan fingerprint density at radius 2 is 1.57 bits per heavy atom. The van der Waals surface area contributed by atoms with Crippen LogP contribution in [0.5, 0.6) is 0 Å². The standard InChI is InChI=1S/C21H30N2O5S2/c1-3-28-21(25)17-8-12-22(13-9-17)20(24)16-10-14-23(15-11-16)30(26,27)19-6-4-18(29-2)5-7-19/h4-7,16-17H,3,8-15H2,1-2H3. The fraction of sp³-hybridized carbons (Fsp3) is 0.619. The summed E-state index contributed by atoms with van der Waals surface area (Å²) in [5.41, 5.74) is 0. The van der Waals surface area contributed by atoms with E-state index in [9.17, 15) is 18.0 Å². The van der Waals surface area contributed by atoms with Crippen molar-refractivity contribution in [1.82, 2.24) is 9.21 Å². The predicted molar refractivity (Wildman–Crippen MR) is 116 cm³/mol. The average Bonchev–Trinajstić information content (AvgIpc) is 2.79. The van der Waals surface area contributed by atoms with Gasteiger partial charge in [0.25, 0.3) is 0 Å². The third-order valence-corrected chi connectivity index (χ3v) is 8.58. The lowest BCUT2D eigenvalue weighted by atomic mass is 9.92. The number of hydrogen-bond acceptors (Lipinski definition) is 6. The van der Waals surface area contributed by atoms with Gasteiger partial charge in [0, 0.05) is 37.0 Å². The molecule has 0 unspecified atom stereocenters. The van der Waals surface area contributed by atoms with Gasteiger partial charge in [-0.15, -0.1) is 11.8 Å². The van der Waals surface area contributed by atoms with Gasteiger partial charge in [-0.25, -0.2) is 8.42 Å². The van der Waals surface area contributed by atoms with E-state index in [4.69, 9.17) is 4.74 Å². The molecule has 9 heteroatoms. The number of likely N-dealkylation sites (tertiary alicyclic amines) is 1. The number of hydrogen-bond donors (Lipinski definition) is 0. The summed E-state index contributed by atoms with van der Waals surface area (Å²) in [5, 5.41) is 0. The van der Waals surface area contributed by atoms with E-state index in [1.54, 1.807) is 30.8 Å². The van der Waals surface area contributed by atoms with Crippen molar-refractivity contribution >= 4 is 33.7 Å². The summed E-state index contributed by atoms with van der Waals surface area (Å²) in [6, 6.07) is 6.92. The van der Waals surface area contributed by atoms with Gasteiger partial charge in [-0.2, -0.15) is 4.31 Å². The number of rotatable bonds is 6. The minimum Gasteiger partial charge on any atom is -0.466 e. The zero-order valence-corrected chi connectivity index (χ0v) is 19.2. The monoisotopic (exact) mass is 454 g/mol. The van der Waals surface area contributed by atoms with E-state index in [0.29, 0.717) is 63.4 Å². The van der Waals surface area contributed by atoms with Gasteiger partial charge >= 0.3 is 5.97 Å². The molecule has 2 fully saturated rings. The number of sulfonamides is 1. The van der Waals surface area contributed by atoms with Crippen LogP contribution in [-0.4, -0.2) is 68.5 Å². The van der Waals surface area contributed by atoms with Gasteiger partial charge < -0.3 is 9.64 Å². The molecule has 0 atom stereocenters. The molecule has 0 N–H and O–H groups in total. The smallest absolute Gasteiger partial charge is 0.309 e. The number of thioether (sulfide) groups is 1. The van der Waals surface area contributed by atoms with E-state index >= 15 is 0 Å². The molecule has 7 nitrogen and oxygen atoms in total. The Bertz CT molecular complexity index is 841. The van der Waals surface area contributed by atoms with Crippen LogP contribution >= 0.6 is 11.8 Å². The molecule has 1 amide bonds. The van der Waals surface area contributed by atoms with Gasteiger partial charge in [0.15, 0.2) is 0 Å². The molecule has 2 saturated heterocycles. The Hall–Kier alpha value is -1.58. The molecule has 0 aromatic heterocycles. The van der Waals surface area contributed by atoms with Crippen LogP contribution in [-0.2, 0) is 24.3 Å². The molecule has 1 aromatic rings. The largest absolute Gasteiger partial charge is 0.466 e. The van der Waals surface area contributed by atoms with Crippen molar-refractivity contribution < 1.29 is 22.7 Å². The van der Waals surface area contributed by atoms with Crippen molar-refractivity contribution in [1.29, 1.82) is 0 Å². The summed E-state index contributed by atoms with van der Waals surface area (Å²) in [5.74, 6) is -0.375. The molecule has 0 aliphatic carbocycles. The number of piperidine rings is 2. The molecule has 2 aliphatic rings. The van der Waals surface area contributed by atoms with Crippen LogP contribution in [0, 0.1) is 11.8 Å². The molecule has 0 spiro atoms. The lowest BCUT2D eigenvalue weighted by molar-refractivity contribution is -0.152. The predicted octanol–water partition coefficient (Wildman–Crippen LogP) is 2.61. The molecule has 3 rings (SSSR count). The quantitative estimate of drug-likeness (QED) is 0.485. The maximum Gasteiger partial charge on any atom is 0.309 e. The molecular weight excluding hydrogens is 424 g/mol. The van der Waals surface area contributed by atoms with Gasteiger partial charge in [-0.05, 0) is 63.1 Å². The fourth-order valence-corrected chi connectivity index (χ4v) is 5.97. The molecule has 30 heavy (non-hydrogen) atoms. The van der Waals surface area contributed by atoms with Crippen molar-refractivity contribution in [3.63, 3.8) is 0 Å². The van der Waals surface area contributed by atoms with Crippen molar-refractivity contribution in [3.8, 4) is 0 Å². The zero-order valence-electron chi connectivity index (χ0n) is 17.6. The van der Waals surface area contributed by atoms with Crippen LogP contribution < -0.4 is 0 Å². The van der Waals surface area contributed by atoms with Crippen LogP contribution in [0.2, 0.25) is 0 Å². The number of amides is 1. The SMILES string of the molecule is CCOC(=O)C1CCN(C(=O)C2CCN(S(=O)(=O)c3ccc(SC)cc3)CC2)CC1. The molecule has 0 radical (unpaired) electrons. The first-order chi connectivity index (χ1) is 14.4. The third kappa shape index (κ3) is 5.18. The number of esters is 1. The van der Waals surface area contributed by atoms with Crippen LogP contribution in [0.4, 0.5) is 0 Å². The summed E-state index contributed by atoms with van der Waals surface area (Å²) < 4.78 is 32.4. The summed E-state index contributed by atoms with van der Waals surface area (Å²) in [6.07, 6.45) is 4.26. The number of ether oxygens (including phenoxy) is 1. The van der Waals surface area contributed by atoms with E-state index in [-0.39, 0.29) is 23.7 Å². The van der Waals surface area contributed by atoms with Crippen LogP contribution in [0.1, 0.15) is 32.6 Å². The highest BCUT2D eigenvalue weighted by Crippen LogP contribution is 2.28. The molecule has 2 heterocycles. The lowest BCUT2D eigenvalue weighted by Crippen LogP contribution is -2.47. The topological polar surface area (TPSA) is 84.0 Å². The summed E-state index contributed by atoms with van der Waals surface area (Å²) in [7, 11) is -3.54. The van der Waals surface area contributed by atoms with E-state index in [0.717, 1.165) is 4.90 Å². The highest BCUT2D eigenvalue weighted by Gasteiger charge is 2.35. The highest BCUT2D eigenvalue weighted by atomic mass is 32.2. The second-order valence-electron chi connectivity index (χ2n) is 7.71. The van der Waals surface area contributed by atoms with Gasteiger partial charge in [0.05, 0.1) is 17.4 Å². The van der Waals surface area contributed by atoms with Crippen LogP contribution in [0.15, 0.2) is 34.1 Å². The fourth-order valence-electron chi connectivity index (χ4n) is 4.09. The molecule has 1 aromatic carbocycles. The molecular formula is C21H30N2O5S2. The van der Waals surface area contributed by atoms with Crippen molar-refractivity contribution in [2.24, 2.45) is 11.8 Å². The second-order valence-corrected chi connectivity index (χ2v) is 10.5. The summed E-state index contributed by atoms with van der Waals surface area (Å²) in [6.45, 7) is 3.99. The Labute approximate surface area is 183 Å². The zero-order chi connectivity index (χ0) is 21.7. The molecule has 166 valence electrons. The molecule has 2 aliphatic heterocycles. The van der Waals surface area contributed by atoms with E-state index in [1.807, 2.05) is 23.3 Å². The number of benzene rings is 1. The van der Waals surface area contributed by atoms with Crippen molar-refractivity contribution in [2.75, 3.05) is 39.0 Å². The number of carbonyl (C=O) groups excluding carboxylic acids is 2. The second kappa shape index (κ2) is 10.2. The first-order valence-corrected chi connectivity index (χ1v) is 13.1. The first kappa shape index (κ1) is 23.1. The maximum absolute atomic E-state index is 12.9. The van der Waals surface area contributed by atoms with Gasteiger partial charge in [0.2, 0.25) is 15.9 Å². The van der Waals surface area contributed by atoms with Gasteiger partial charge in [-0.1, -0.05) is 0 Å². The normalized spacial score (nSPS) is 19.6. The average molecular weight is 455 g/mol. The number of nitrogens with zero attached hydrogens (tertiary/aromatic N) is 2. The first-order valence-electron chi connectivity index (χ1n) is 10.5. The third-order valence-electron chi connectivity index (χ3n) is 5.93. The Morgan fingerprint density at radius 3 is 2.10 bits per heavy atom. The van der Waals surface area contributed by atoms with E-state index in [2.05, 4.69) is 0 Å².